The van der Waals surface area contributed by atoms with Crippen molar-refractivity contribution in [3.05, 3.63) is 17.0 Å². The highest BCUT2D eigenvalue weighted by atomic mass is 16.5. The minimum atomic E-state index is 0.179. The minimum absolute atomic E-state index is 0.179. The van der Waals surface area contributed by atoms with Crippen LogP contribution in [0.5, 0.6) is 0 Å². The number of hydrogen-bond acceptors (Lipinski definition) is 4. The predicted molar refractivity (Wildman–Crippen MR) is 77.5 cm³/mol. The zero-order valence-electron chi connectivity index (χ0n) is 13.1. The van der Waals surface area contributed by atoms with E-state index >= 15 is 0 Å². The molecule has 5 nitrogen and oxygen atoms in total. The van der Waals surface area contributed by atoms with Crippen LogP contribution < -0.4 is 0 Å². The Morgan fingerprint density at radius 2 is 2.10 bits per heavy atom. The van der Waals surface area contributed by atoms with Crippen molar-refractivity contribution >= 4 is 5.91 Å². The van der Waals surface area contributed by atoms with Gasteiger partial charge in [-0.15, -0.1) is 0 Å². The van der Waals surface area contributed by atoms with Crippen molar-refractivity contribution < 1.29 is 9.32 Å². The topological polar surface area (TPSA) is 49.6 Å². The van der Waals surface area contributed by atoms with E-state index in [1.165, 1.54) is 0 Å². The normalized spacial score (nSPS) is 20.7. The van der Waals surface area contributed by atoms with Crippen LogP contribution in [0.25, 0.3) is 0 Å². The van der Waals surface area contributed by atoms with Gasteiger partial charge >= 0.3 is 0 Å². The smallest absolute Gasteiger partial charge is 0.227 e. The van der Waals surface area contributed by atoms with E-state index in [2.05, 4.69) is 31.0 Å². The van der Waals surface area contributed by atoms with Crippen LogP contribution >= 0.6 is 0 Å². The lowest BCUT2D eigenvalue weighted by molar-refractivity contribution is -0.133. The fraction of sp³-hybridized carbons (Fsp3) is 0.733. The Morgan fingerprint density at radius 3 is 2.65 bits per heavy atom. The van der Waals surface area contributed by atoms with Gasteiger partial charge in [-0.2, -0.15) is 0 Å². The molecule has 1 aromatic heterocycles. The van der Waals surface area contributed by atoms with Crippen LogP contribution in [0.3, 0.4) is 0 Å². The van der Waals surface area contributed by atoms with E-state index < -0.39 is 0 Å². The van der Waals surface area contributed by atoms with Gasteiger partial charge in [0.2, 0.25) is 5.91 Å². The van der Waals surface area contributed by atoms with Gasteiger partial charge in [0.05, 0.1) is 12.1 Å². The van der Waals surface area contributed by atoms with Crippen LogP contribution in [-0.2, 0) is 11.2 Å². The lowest BCUT2D eigenvalue weighted by Crippen LogP contribution is -2.55. The summed E-state index contributed by atoms with van der Waals surface area (Å²) in [7, 11) is 2.14. The first-order valence-electron chi connectivity index (χ1n) is 7.30. The van der Waals surface area contributed by atoms with Gasteiger partial charge in [0.15, 0.2) is 0 Å². The van der Waals surface area contributed by atoms with Crippen molar-refractivity contribution in [3.8, 4) is 0 Å². The van der Waals surface area contributed by atoms with Crippen LogP contribution in [-0.4, -0.2) is 53.6 Å². The fourth-order valence-corrected chi connectivity index (χ4v) is 2.86. The highest BCUT2D eigenvalue weighted by Gasteiger charge is 2.29. The molecule has 1 atom stereocenters. The first kappa shape index (κ1) is 15.0. The molecule has 1 saturated heterocycles. The molecule has 0 bridgehead atoms. The molecular formula is C15H25N3O2. The minimum Gasteiger partial charge on any atom is -0.361 e. The monoisotopic (exact) mass is 279 g/mol. The molecule has 2 rings (SSSR count). The molecule has 1 aliphatic heterocycles. The Kier molecular flexibility index (Phi) is 4.48. The lowest BCUT2D eigenvalue weighted by atomic mass is 9.99. The molecule has 0 aliphatic carbocycles. The van der Waals surface area contributed by atoms with Gasteiger partial charge < -0.3 is 9.42 Å². The molecule has 0 aromatic carbocycles. The molecule has 0 radical (unpaired) electrons. The third-order valence-corrected chi connectivity index (χ3v) is 4.33. The van der Waals surface area contributed by atoms with Crippen molar-refractivity contribution in [2.45, 2.75) is 40.2 Å². The van der Waals surface area contributed by atoms with E-state index in [4.69, 9.17) is 4.52 Å². The molecule has 1 aliphatic rings. The van der Waals surface area contributed by atoms with Crippen LogP contribution in [0.1, 0.15) is 30.9 Å². The molecule has 0 spiro atoms. The number of rotatable bonds is 3. The van der Waals surface area contributed by atoms with E-state index in [0.29, 0.717) is 18.4 Å². The maximum absolute atomic E-state index is 12.5. The Bertz CT molecular complexity index is 462. The molecule has 1 amide bonds. The summed E-state index contributed by atoms with van der Waals surface area (Å²) in [5.74, 6) is 1.48. The number of amides is 1. The molecule has 112 valence electrons. The van der Waals surface area contributed by atoms with Gasteiger partial charge in [0, 0.05) is 31.2 Å². The summed E-state index contributed by atoms with van der Waals surface area (Å²) in [6, 6.07) is 0.442. The van der Waals surface area contributed by atoms with Crippen molar-refractivity contribution in [1.82, 2.24) is 15.0 Å². The lowest BCUT2D eigenvalue weighted by Gasteiger charge is -2.41. The average molecular weight is 279 g/mol. The molecule has 0 N–H and O–H groups in total. The van der Waals surface area contributed by atoms with Crippen LogP contribution in [0.2, 0.25) is 0 Å². The Morgan fingerprint density at radius 1 is 1.40 bits per heavy atom. The average Bonchev–Trinajstić information content (AvgIpc) is 2.70. The number of aryl methyl sites for hydroxylation is 2. The number of nitrogens with zero attached hydrogens (tertiary/aromatic N) is 3. The van der Waals surface area contributed by atoms with E-state index in [1.54, 1.807) is 0 Å². The summed E-state index contributed by atoms with van der Waals surface area (Å²) in [6.45, 7) is 10.7. The number of carbonyl (C=O) groups is 1. The van der Waals surface area contributed by atoms with Crippen molar-refractivity contribution in [2.75, 3.05) is 26.7 Å². The van der Waals surface area contributed by atoms with Crippen molar-refractivity contribution in [2.24, 2.45) is 5.92 Å². The zero-order chi connectivity index (χ0) is 14.9. The summed E-state index contributed by atoms with van der Waals surface area (Å²) in [6.07, 6.45) is 0.399. The molecule has 1 aromatic rings. The molecule has 2 heterocycles. The van der Waals surface area contributed by atoms with Crippen molar-refractivity contribution in [1.29, 1.82) is 0 Å². The van der Waals surface area contributed by atoms with E-state index in [0.717, 1.165) is 36.7 Å². The first-order valence-corrected chi connectivity index (χ1v) is 7.30. The predicted octanol–water partition coefficient (Wildman–Crippen LogP) is 1.63. The largest absolute Gasteiger partial charge is 0.361 e. The molecule has 1 fully saturated rings. The van der Waals surface area contributed by atoms with Gasteiger partial charge in [-0.3, -0.25) is 9.69 Å². The Labute approximate surface area is 120 Å². The van der Waals surface area contributed by atoms with Crippen LogP contribution in [0, 0.1) is 19.8 Å². The molecule has 20 heavy (non-hydrogen) atoms. The van der Waals surface area contributed by atoms with Gasteiger partial charge in [-0.1, -0.05) is 19.0 Å². The molecule has 0 unspecified atom stereocenters. The van der Waals surface area contributed by atoms with Crippen molar-refractivity contribution in [3.63, 3.8) is 0 Å². The van der Waals surface area contributed by atoms with E-state index in [1.807, 2.05) is 18.7 Å². The second-order valence-electron chi connectivity index (χ2n) is 6.11. The standard InChI is InChI=1S/C15H25N3O2/c1-10(2)14-9-18(7-6-17(14)5)15(19)8-13-11(3)16-20-12(13)4/h10,14H,6-9H2,1-5H3/t14-/m0/s1. The fourth-order valence-electron chi connectivity index (χ4n) is 2.86. The molecular weight excluding hydrogens is 254 g/mol. The second-order valence-corrected chi connectivity index (χ2v) is 6.11. The second kappa shape index (κ2) is 5.95. The summed E-state index contributed by atoms with van der Waals surface area (Å²) >= 11 is 0. The number of hydrogen-bond donors (Lipinski definition) is 0. The number of carbonyl (C=O) groups excluding carboxylic acids is 1. The number of aromatic nitrogens is 1. The SMILES string of the molecule is Cc1noc(C)c1CC(=O)N1CCN(C)[C@H](C(C)C)C1. The highest BCUT2D eigenvalue weighted by Crippen LogP contribution is 2.18. The number of likely N-dealkylation sites (N-methyl/N-ethyl adjacent to an activating group) is 1. The van der Waals surface area contributed by atoms with Gasteiger partial charge in [-0.25, -0.2) is 0 Å². The zero-order valence-corrected chi connectivity index (χ0v) is 13.1. The molecule has 5 heteroatoms. The van der Waals surface area contributed by atoms with Crippen LogP contribution in [0.15, 0.2) is 4.52 Å². The van der Waals surface area contributed by atoms with Gasteiger partial charge in [0.25, 0.3) is 0 Å². The maximum Gasteiger partial charge on any atom is 0.227 e. The first-order chi connectivity index (χ1) is 9.40. The Hall–Kier alpha value is -1.36. The summed E-state index contributed by atoms with van der Waals surface area (Å²) in [4.78, 5) is 16.8. The van der Waals surface area contributed by atoms with E-state index in [9.17, 15) is 4.79 Å². The summed E-state index contributed by atoms with van der Waals surface area (Å²) in [5, 5.41) is 3.92. The van der Waals surface area contributed by atoms with Gasteiger partial charge in [-0.05, 0) is 26.8 Å². The third kappa shape index (κ3) is 3.03. The summed E-state index contributed by atoms with van der Waals surface area (Å²) in [5.41, 5.74) is 1.76. The highest BCUT2D eigenvalue weighted by molar-refractivity contribution is 5.79. The van der Waals surface area contributed by atoms with E-state index in [-0.39, 0.29) is 5.91 Å². The maximum atomic E-state index is 12.5. The molecule has 0 saturated carbocycles. The van der Waals surface area contributed by atoms with Gasteiger partial charge in [0.1, 0.15) is 5.76 Å². The summed E-state index contributed by atoms with van der Waals surface area (Å²) < 4.78 is 5.13. The third-order valence-electron chi connectivity index (χ3n) is 4.33. The van der Waals surface area contributed by atoms with Crippen LogP contribution in [0.4, 0.5) is 0 Å². The number of piperazine rings is 1. The Balaban J connectivity index is 2.03. The quantitative estimate of drug-likeness (QED) is 0.844.